The van der Waals surface area contributed by atoms with E-state index in [0.29, 0.717) is 6.54 Å². The molecule has 0 aromatic rings. The van der Waals surface area contributed by atoms with E-state index in [0.717, 1.165) is 0 Å². The van der Waals surface area contributed by atoms with Crippen LogP contribution >= 0.6 is 0 Å². The van der Waals surface area contributed by atoms with E-state index < -0.39 is 0 Å². The molecule has 0 bridgehead atoms. The molecule has 2 heteroatoms. The second-order valence-electron chi connectivity index (χ2n) is 1.46. The van der Waals surface area contributed by atoms with Crippen molar-refractivity contribution < 1.29 is 5.11 Å². The summed E-state index contributed by atoms with van der Waals surface area (Å²) in [6.45, 7) is 5.72. The molecule has 0 aliphatic rings. The summed E-state index contributed by atoms with van der Waals surface area (Å²) in [5.74, 6) is 0. The molecule has 0 saturated carbocycles. The third-order valence-corrected chi connectivity index (χ3v) is 0.558. The monoisotopic (exact) mass is 101 g/mol. The van der Waals surface area contributed by atoms with Crippen molar-refractivity contribution in [2.45, 2.75) is 13.0 Å². The van der Waals surface area contributed by atoms with Crippen LogP contribution in [0.2, 0.25) is 0 Å². The van der Waals surface area contributed by atoms with Crippen molar-refractivity contribution in [3.05, 3.63) is 12.8 Å². The van der Waals surface area contributed by atoms with Crippen LogP contribution in [0.4, 0.5) is 0 Å². The predicted octanol–water partition coefficient (Wildman–Crippen LogP) is 0.100. The van der Waals surface area contributed by atoms with Crippen LogP contribution in [-0.2, 0) is 0 Å². The molecule has 1 atom stereocenters. The first kappa shape index (κ1) is 6.50. The fourth-order valence-electron chi connectivity index (χ4n) is 0.254. The van der Waals surface area contributed by atoms with E-state index in [1.165, 1.54) is 0 Å². The van der Waals surface area contributed by atoms with E-state index in [1.807, 2.05) is 0 Å². The lowest BCUT2D eigenvalue weighted by atomic mass is 10.4. The summed E-state index contributed by atoms with van der Waals surface area (Å²) in [7, 11) is 0. The highest BCUT2D eigenvalue weighted by molar-refractivity contribution is 4.64. The van der Waals surface area contributed by atoms with Crippen LogP contribution in [0.1, 0.15) is 6.92 Å². The number of hydrogen-bond acceptors (Lipinski definition) is 2. The Morgan fingerprint density at radius 3 is 2.71 bits per heavy atom. The van der Waals surface area contributed by atoms with Gasteiger partial charge in [0.2, 0.25) is 0 Å². The van der Waals surface area contributed by atoms with Crippen LogP contribution in [0.15, 0.2) is 12.8 Å². The maximum atomic E-state index is 8.57. The lowest BCUT2D eigenvalue weighted by Crippen LogP contribution is -2.18. The zero-order valence-electron chi connectivity index (χ0n) is 4.52. The summed E-state index contributed by atoms with van der Waals surface area (Å²) in [5.41, 5.74) is 0. The van der Waals surface area contributed by atoms with Crippen LogP contribution in [0.25, 0.3) is 0 Å². The molecule has 0 radical (unpaired) electrons. The number of rotatable bonds is 3. The van der Waals surface area contributed by atoms with Crippen molar-refractivity contribution in [3.8, 4) is 0 Å². The molecule has 2 N–H and O–H groups in total. The molecule has 0 rings (SSSR count). The summed E-state index contributed by atoms with van der Waals surface area (Å²) in [6, 6.07) is 0. The van der Waals surface area contributed by atoms with Gasteiger partial charge in [0.25, 0.3) is 0 Å². The average molecular weight is 101 g/mol. The molecule has 0 aliphatic carbocycles. The SMILES string of the molecule is C=CNC[C@@H](C)O. The van der Waals surface area contributed by atoms with E-state index in [1.54, 1.807) is 13.1 Å². The fourth-order valence-corrected chi connectivity index (χ4v) is 0.254. The molecule has 0 saturated heterocycles. The van der Waals surface area contributed by atoms with Crippen LogP contribution < -0.4 is 5.32 Å². The molecule has 0 aromatic carbocycles. The standard InChI is InChI=1S/C5H11NO/c1-3-6-4-5(2)7/h3,5-7H,1,4H2,2H3/t5-/m1/s1. The first-order valence-corrected chi connectivity index (χ1v) is 2.29. The van der Waals surface area contributed by atoms with Gasteiger partial charge in [0.15, 0.2) is 0 Å². The van der Waals surface area contributed by atoms with Gasteiger partial charge in [0.1, 0.15) is 0 Å². The first-order chi connectivity index (χ1) is 3.27. The number of aliphatic hydroxyl groups excluding tert-OH is 1. The van der Waals surface area contributed by atoms with Gasteiger partial charge in [-0.25, -0.2) is 0 Å². The lowest BCUT2D eigenvalue weighted by Gasteiger charge is -2.00. The smallest absolute Gasteiger partial charge is 0.0684 e. The molecule has 0 unspecified atom stereocenters. The molecule has 2 nitrogen and oxygen atoms in total. The van der Waals surface area contributed by atoms with E-state index >= 15 is 0 Å². The van der Waals surface area contributed by atoms with Crippen LogP contribution in [0.5, 0.6) is 0 Å². The van der Waals surface area contributed by atoms with Gasteiger partial charge in [-0.15, -0.1) is 0 Å². The minimum atomic E-state index is -0.280. The van der Waals surface area contributed by atoms with Crippen LogP contribution in [0.3, 0.4) is 0 Å². The Hall–Kier alpha value is -0.500. The van der Waals surface area contributed by atoms with Gasteiger partial charge in [-0.3, -0.25) is 0 Å². The second-order valence-corrected chi connectivity index (χ2v) is 1.46. The summed E-state index contributed by atoms with van der Waals surface area (Å²) < 4.78 is 0. The lowest BCUT2D eigenvalue weighted by molar-refractivity contribution is 0.196. The van der Waals surface area contributed by atoms with Gasteiger partial charge in [-0.1, -0.05) is 6.58 Å². The van der Waals surface area contributed by atoms with Gasteiger partial charge in [-0.05, 0) is 13.1 Å². The largest absolute Gasteiger partial charge is 0.392 e. The highest BCUT2D eigenvalue weighted by Gasteiger charge is 1.87. The van der Waals surface area contributed by atoms with Crippen molar-refractivity contribution in [1.29, 1.82) is 0 Å². The quantitative estimate of drug-likeness (QED) is 0.528. The predicted molar refractivity (Wildman–Crippen MR) is 29.9 cm³/mol. The molecule has 0 amide bonds. The zero-order valence-corrected chi connectivity index (χ0v) is 4.52. The fraction of sp³-hybridized carbons (Fsp3) is 0.600. The van der Waals surface area contributed by atoms with Gasteiger partial charge in [0.05, 0.1) is 6.10 Å². The van der Waals surface area contributed by atoms with Crippen molar-refractivity contribution in [2.75, 3.05) is 6.54 Å². The van der Waals surface area contributed by atoms with Gasteiger partial charge in [0, 0.05) is 6.54 Å². The Labute approximate surface area is 43.9 Å². The molecule has 0 spiro atoms. The second kappa shape index (κ2) is 3.68. The van der Waals surface area contributed by atoms with E-state index in [4.69, 9.17) is 5.11 Å². The Kier molecular flexibility index (Phi) is 3.42. The van der Waals surface area contributed by atoms with E-state index in [9.17, 15) is 0 Å². The maximum Gasteiger partial charge on any atom is 0.0684 e. The third kappa shape index (κ3) is 5.50. The van der Waals surface area contributed by atoms with Crippen molar-refractivity contribution >= 4 is 0 Å². The summed E-state index contributed by atoms with van der Waals surface area (Å²) in [4.78, 5) is 0. The summed E-state index contributed by atoms with van der Waals surface area (Å²) in [5, 5.41) is 11.3. The molecule has 0 aliphatic heterocycles. The Morgan fingerprint density at radius 2 is 2.57 bits per heavy atom. The van der Waals surface area contributed by atoms with Crippen molar-refractivity contribution in [1.82, 2.24) is 5.32 Å². The van der Waals surface area contributed by atoms with Gasteiger partial charge >= 0.3 is 0 Å². The summed E-state index contributed by atoms with van der Waals surface area (Å²) >= 11 is 0. The Morgan fingerprint density at radius 1 is 2.00 bits per heavy atom. The Balaban J connectivity index is 2.81. The molecule has 7 heavy (non-hydrogen) atoms. The normalized spacial score (nSPS) is 12.9. The molecule has 0 heterocycles. The van der Waals surface area contributed by atoms with E-state index in [-0.39, 0.29) is 6.10 Å². The molecular formula is C5H11NO. The van der Waals surface area contributed by atoms with Crippen molar-refractivity contribution in [2.24, 2.45) is 0 Å². The average Bonchev–Trinajstić information content (AvgIpc) is 1.61. The minimum absolute atomic E-state index is 0.280. The van der Waals surface area contributed by atoms with Crippen LogP contribution in [-0.4, -0.2) is 17.8 Å². The first-order valence-electron chi connectivity index (χ1n) is 2.29. The highest BCUT2D eigenvalue weighted by atomic mass is 16.3. The minimum Gasteiger partial charge on any atom is -0.392 e. The number of nitrogens with one attached hydrogen (secondary N) is 1. The molecule has 0 fully saturated rings. The third-order valence-electron chi connectivity index (χ3n) is 0.558. The Bertz CT molecular complexity index is 52.0. The van der Waals surface area contributed by atoms with Crippen molar-refractivity contribution in [3.63, 3.8) is 0 Å². The molecular weight excluding hydrogens is 90.1 g/mol. The topological polar surface area (TPSA) is 32.3 Å². The highest BCUT2D eigenvalue weighted by Crippen LogP contribution is 1.71. The zero-order chi connectivity index (χ0) is 5.70. The number of hydrogen-bond donors (Lipinski definition) is 2. The van der Waals surface area contributed by atoms with Gasteiger partial charge < -0.3 is 10.4 Å². The number of aliphatic hydroxyl groups is 1. The summed E-state index contributed by atoms with van der Waals surface area (Å²) in [6.07, 6.45) is 1.28. The van der Waals surface area contributed by atoms with E-state index in [2.05, 4.69) is 11.9 Å². The van der Waals surface area contributed by atoms with Gasteiger partial charge in [-0.2, -0.15) is 0 Å². The maximum absolute atomic E-state index is 8.57. The molecule has 42 valence electrons. The molecule has 0 aromatic heterocycles. The van der Waals surface area contributed by atoms with Crippen LogP contribution in [0, 0.1) is 0 Å².